The largest absolute Gasteiger partial charge is 0.499 e. The van der Waals surface area contributed by atoms with Crippen molar-refractivity contribution in [3.8, 4) is 22.8 Å². The van der Waals surface area contributed by atoms with Crippen molar-refractivity contribution >= 4 is 34.6 Å². The van der Waals surface area contributed by atoms with Crippen LogP contribution in [0.2, 0.25) is 0 Å². The van der Waals surface area contributed by atoms with Crippen molar-refractivity contribution in [2.24, 2.45) is 4.99 Å². The molecule has 3 aromatic carbocycles. The van der Waals surface area contributed by atoms with Gasteiger partial charge in [0.15, 0.2) is 11.0 Å². The third-order valence-electron chi connectivity index (χ3n) is 7.14. The first kappa shape index (κ1) is 34.5. The number of rotatable bonds is 9. The van der Waals surface area contributed by atoms with Crippen molar-refractivity contribution < 1.29 is 41.1 Å². The van der Waals surface area contributed by atoms with Crippen molar-refractivity contribution in [1.29, 1.82) is 0 Å². The number of urea groups is 1. The maximum Gasteiger partial charge on any atom is 0.499 e. The van der Waals surface area contributed by atoms with Gasteiger partial charge in [0.25, 0.3) is 0 Å². The number of halogens is 5. The summed E-state index contributed by atoms with van der Waals surface area (Å²) in [5.74, 6) is -0.235. The van der Waals surface area contributed by atoms with E-state index in [1.165, 1.54) is 39.8 Å². The summed E-state index contributed by atoms with van der Waals surface area (Å²) in [6.07, 6.45) is -10.4. The number of hydrogen-bond acceptors (Lipinski definition) is 7. The number of hydrogen-bond donors (Lipinski definition) is 1. The molecule has 1 unspecified atom stereocenters. The normalized spacial score (nSPS) is 15.3. The molecule has 0 spiro atoms. The first-order valence-corrected chi connectivity index (χ1v) is 15.5. The van der Waals surface area contributed by atoms with Crippen molar-refractivity contribution in [1.82, 2.24) is 20.2 Å². The van der Waals surface area contributed by atoms with Gasteiger partial charge in [0.2, 0.25) is 5.91 Å². The Morgan fingerprint density at radius 3 is 2.33 bits per heavy atom. The number of nitrogens with zero attached hydrogens (tertiary/aromatic N) is 5. The average Bonchev–Trinajstić information content (AvgIpc) is 3.66. The molecule has 0 bridgehead atoms. The minimum Gasteiger partial charge on any atom is -0.426 e. The number of carbonyl (C=O) groups is 2. The topological polar surface area (TPSA) is 111 Å². The molecule has 48 heavy (non-hydrogen) atoms. The van der Waals surface area contributed by atoms with Gasteiger partial charge in [-0.2, -0.15) is 26.9 Å². The zero-order valence-electron chi connectivity index (χ0n) is 26.0. The molecule has 1 aliphatic rings. The second-order valence-corrected chi connectivity index (χ2v) is 12.0. The maximum atomic E-state index is 13.2. The van der Waals surface area contributed by atoms with Crippen LogP contribution in [-0.2, 0) is 9.63 Å². The van der Waals surface area contributed by atoms with E-state index in [4.69, 9.17) is 4.84 Å². The number of thioether (sulfide) groups is 1. The van der Waals surface area contributed by atoms with Crippen LogP contribution in [-0.4, -0.2) is 49.9 Å². The predicted octanol–water partition coefficient (Wildman–Crippen LogP) is 7.74. The Labute approximate surface area is 275 Å². The van der Waals surface area contributed by atoms with Gasteiger partial charge >= 0.3 is 18.3 Å². The number of hydroxylamine groups is 1. The van der Waals surface area contributed by atoms with Crippen molar-refractivity contribution in [3.63, 3.8) is 0 Å². The zero-order chi connectivity index (χ0) is 34.8. The maximum absolute atomic E-state index is 13.2. The van der Waals surface area contributed by atoms with Gasteiger partial charge in [-0.25, -0.2) is 19.9 Å². The molecule has 252 valence electrons. The number of benzene rings is 3. The molecule has 5 rings (SSSR count). The van der Waals surface area contributed by atoms with E-state index in [1.54, 1.807) is 31.2 Å². The molecule has 3 amide bonds. The van der Waals surface area contributed by atoms with E-state index in [0.717, 1.165) is 23.3 Å². The standard InChI is InChI=1S/C32H29F5N6O4S/c1-18(2)25-14-5-19(3)15-26(25)43-27(44)16-48-30(43)39-29(45)41-47-20(4)21-6-8-22(9-7-21)28-38-17-42(40-28)23-10-12-24(13-11-23)46-32(36,37)31(33,34)35/h5-15,17-18,20H,16H2,1-4H3,(H,41,45). The summed E-state index contributed by atoms with van der Waals surface area (Å²) >= 11 is 1.17. The Morgan fingerprint density at radius 1 is 1.00 bits per heavy atom. The van der Waals surface area contributed by atoms with Crippen LogP contribution in [0.3, 0.4) is 0 Å². The van der Waals surface area contributed by atoms with Crippen LogP contribution in [0.4, 0.5) is 32.4 Å². The van der Waals surface area contributed by atoms with Crippen LogP contribution >= 0.6 is 11.8 Å². The van der Waals surface area contributed by atoms with Gasteiger partial charge in [-0.1, -0.05) is 62.0 Å². The van der Waals surface area contributed by atoms with Crippen LogP contribution in [0.1, 0.15) is 49.5 Å². The van der Waals surface area contributed by atoms with Gasteiger partial charge in [-0.15, -0.1) is 5.10 Å². The van der Waals surface area contributed by atoms with E-state index >= 15 is 0 Å². The number of amides is 3. The van der Waals surface area contributed by atoms with Gasteiger partial charge < -0.3 is 4.74 Å². The highest BCUT2D eigenvalue weighted by molar-refractivity contribution is 8.15. The average molecular weight is 689 g/mol. The van der Waals surface area contributed by atoms with Gasteiger partial charge in [0.05, 0.1) is 17.1 Å². The van der Waals surface area contributed by atoms with E-state index in [0.29, 0.717) is 28.3 Å². The summed E-state index contributed by atoms with van der Waals surface area (Å²) in [7, 11) is 0. The second-order valence-electron chi connectivity index (χ2n) is 11.0. The molecule has 0 aliphatic carbocycles. The highest BCUT2D eigenvalue weighted by Crippen LogP contribution is 2.37. The minimum atomic E-state index is -5.85. The lowest BCUT2D eigenvalue weighted by Crippen LogP contribution is -2.41. The zero-order valence-corrected chi connectivity index (χ0v) is 26.8. The summed E-state index contributed by atoms with van der Waals surface area (Å²) in [6.45, 7) is 7.69. The van der Waals surface area contributed by atoms with Crippen molar-refractivity contribution in [3.05, 3.63) is 89.7 Å². The Balaban J connectivity index is 1.20. The van der Waals surface area contributed by atoms with Crippen LogP contribution in [0.25, 0.3) is 17.1 Å². The van der Waals surface area contributed by atoms with Gasteiger partial charge in [0, 0.05) is 5.56 Å². The van der Waals surface area contributed by atoms with E-state index < -0.39 is 30.2 Å². The molecule has 2 heterocycles. The van der Waals surface area contributed by atoms with Crippen LogP contribution < -0.4 is 15.1 Å². The number of ether oxygens (including phenoxy) is 1. The predicted molar refractivity (Wildman–Crippen MR) is 169 cm³/mol. The first-order valence-electron chi connectivity index (χ1n) is 14.5. The lowest BCUT2D eigenvalue weighted by molar-refractivity contribution is -0.360. The van der Waals surface area contributed by atoms with E-state index in [2.05, 4.69) is 25.3 Å². The lowest BCUT2D eigenvalue weighted by atomic mass is 9.99. The molecule has 0 radical (unpaired) electrons. The smallest absolute Gasteiger partial charge is 0.426 e. The molecule has 1 aliphatic heterocycles. The molecule has 10 nitrogen and oxygen atoms in total. The van der Waals surface area contributed by atoms with Gasteiger partial charge in [-0.05, 0) is 66.8 Å². The highest BCUT2D eigenvalue weighted by atomic mass is 32.2. The Morgan fingerprint density at radius 2 is 1.69 bits per heavy atom. The number of alkyl halides is 5. The Bertz CT molecular complexity index is 1830. The van der Waals surface area contributed by atoms with Crippen LogP contribution in [0.15, 0.2) is 78.0 Å². The number of nitrogens with one attached hydrogen (secondary N) is 1. The van der Waals surface area contributed by atoms with Gasteiger partial charge in [-0.3, -0.25) is 14.5 Å². The molecule has 1 saturated heterocycles. The summed E-state index contributed by atoms with van der Waals surface area (Å²) in [5, 5.41) is 4.59. The van der Waals surface area contributed by atoms with E-state index in [1.807, 2.05) is 39.0 Å². The van der Waals surface area contributed by atoms with Crippen molar-refractivity contribution in [2.75, 3.05) is 10.7 Å². The summed E-state index contributed by atoms with van der Waals surface area (Å²) < 4.78 is 68.7. The molecular formula is C32H29F5N6O4S. The molecule has 4 aromatic rings. The summed E-state index contributed by atoms with van der Waals surface area (Å²) in [4.78, 5) is 40.8. The molecular weight excluding hydrogens is 659 g/mol. The van der Waals surface area contributed by atoms with Crippen LogP contribution in [0, 0.1) is 6.92 Å². The highest BCUT2D eigenvalue weighted by Gasteiger charge is 2.61. The lowest BCUT2D eigenvalue weighted by Gasteiger charge is -2.22. The molecule has 1 atom stereocenters. The number of carbonyl (C=O) groups excluding carboxylic acids is 2. The summed E-state index contributed by atoms with van der Waals surface area (Å²) in [6, 6.07) is 16.4. The number of aryl methyl sites for hydroxylation is 1. The summed E-state index contributed by atoms with van der Waals surface area (Å²) in [5.41, 5.74) is 6.61. The first-order chi connectivity index (χ1) is 22.6. The number of amidine groups is 1. The fraction of sp³-hybridized carbons (Fsp3) is 0.281. The van der Waals surface area contributed by atoms with E-state index in [9.17, 15) is 31.5 Å². The fourth-order valence-electron chi connectivity index (χ4n) is 4.63. The van der Waals surface area contributed by atoms with Crippen molar-refractivity contribution in [2.45, 2.75) is 52.0 Å². The van der Waals surface area contributed by atoms with Gasteiger partial charge in [0.1, 0.15) is 18.2 Å². The third-order valence-corrected chi connectivity index (χ3v) is 8.07. The Kier molecular flexibility index (Phi) is 9.86. The quantitative estimate of drug-likeness (QED) is 0.142. The molecule has 1 aromatic heterocycles. The Hall–Kier alpha value is -4.83. The molecule has 0 saturated carbocycles. The number of aliphatic imine (C=N–C) groups is 1. The van der Waals surface area contributed by atoms with Crippen LogP contribution in [0.5, 0.6) is 5.75 Å². The number of aromatic nitrogens is 3. The minimum absolute atomic E-state index is 0.145. The number of anilines is 1. The molecule has 16 heteroatoms. The molecule has 1 fully saturated rings. The monoisotopic (exact) mass is 688 g/mol. The molecule has 1 N–H and O–H groups in total. The second kappa shape index (κ2) is 13.7. The van der Waals surface area contributed by atoms with E-state index in [-0.39, 0.29) is 22.7 Å². The third kappa shape index (κ3) is 7.65. The SMILES string of the molecule is Cc1ccc(C(C)C)c(N2C(=O)CSC2=NC(=O)NOC(C)c2ccc(-c3ncn(-c4ccc(OC(F)(F)C(F)(F)F)cc4)n3)cc2)c1. The fourth-order valence-corrected chi connectivity index (χ4v) is 5.49.